The standard InChI is InChI=1S/C18H18F6N2O/c1-11-7-15(6-5-12(11)9-25)26-10-16(27,18(22,23)24)13-3-2-4-14(8-13)17(19,20)21/h2-8,26-27H,9-10,25H2,1H3/t16-/m1/s1. The Morgan fingerprint density at radius 3 is 2.11 bits per heavy atom. The van der Waals surface area contributed by atoms with Crippen molar-refractivity contribution >= 4 is 5.69 Å². The number of benzene rings is 2. The zero-order valence-electron chi connectivity index (χ0n) is 14.2. The van der Waals surface area contributed by atoms with E-state index >= 15 is 0 Å². The Labute approximate surface area is 151 Å². The summed E-state index contributed by atoms with van der Waals surface area (Å²) in [4.78, 5) is 0. The summed E-state index contributed by atoms with van der Waals surface area (Å²) in [5.74, 6) is 0. The van der Waals surface area contributed by atoms with Gasteiger partial charge in [-0.1, -0.05) is 18.2 Å². The normalized spacial score (nSPS) is 14.7. The first-order chi connectivity index (χ1) is 12.4. The van der Waals surface area contributed by atoms with Crippen LogP contribution in [-0.4, -0.2) is 17.8 Å². The smallest absolute Gasteiger partial charge is 0.381 e. The molecule has 0 aromatic heterocycles. The number of alkyl halides is 6. The number of nitrogens with one attached hydrogen (secondary N) is 1. The first-order valence-electron chi connectivity index (χ1n) is 7.89. The van der Waals surface area contributed by atoms with Gasteiger partial charge in [-0.3, -0.25) is 0 Å². The van der Waals surface area contributed by atoms with Gasteiger partial charge in [-0.2, -0.15) is 26.3 Å². The van der Waals surface area contributed by atoms with Gasteiger partial charge in [0.05, 0.1) is 12.1 Å². The van der Waals surface area contributed by atoms with E-state index in [9.17, 15) is 31.4 Å². The summed E-state index contributed by atoms with van der Waals surface area (Å²) >= 11 is 0. The molecule has 0 saturated carbocycles. The maximum atomic E-state index is 13.5. The highest BCUT2D eigenvalue weighted by Gasteiger charge is 2.55. The Morgan fingerprint density at radius 1 is 0.963 bits per heavy atom. The van der Waals surface area contributed by atoms with Crippen LogP contribution < -0.4 is 11.1 Å². The average Bonchev–Trinajstić information content (AvgIpc) is 2.58. The second-order valence-electron chi connectivity index (χ2n) is 6.14. The zero-order chi connectivity index (χ0) is 20.5. The van der Waals surface area contributed by atoms with Crippen LogP contribution in [0.15, 0.2) is 42.5 Å². The molecule has 1 atom stereocenters. The quantitative estimate of drug-likeness (QED) is 0.664. The molecule has 0 radical (unpaired) electrons. The predicted molar refractivity (Wildman–Crippen MR) is 89.0 cm³/mol. The Balaban J connectivity index is 2.36. The van der Waals surface area contributed by atoms with E-state index in [1.807, 2.05) is 0 Å². The van der Waals surface area contributed by atoms with Crippen molar-refractivity contribution in [3.05, 3.63) is 64.7 Å². The van der Waals surface area contributed by atoms with Crippen LogP contribution in [0, 0.1) is 6.92 Å². The van der Waals surface area contributed by atoms with Crippen molar-refractivity contribution in [2.45, 2.75) is 31.4 Å². The lowest BCUT2D eigenvalue weighted by atomic mass is 9.91. The fourth-order valence-electron chi connectivity index (χ4n) is 2.58. The van der Waals surface area contributed by atoms with Crippen LogP contribution in [0.5, 0.6) is 0 Å². The molecule has 0 aliphatic heterocycles. The van der Waals surface area contributed by atoms with Crippen molar-refractivity contribution in [1.82, 2.24) is 0 Å². The average molecular weight is 392 g/mol. The molecule has 3 nitrogen and oxygen atoms in total. The molecule has 4 N–H and O–H groups in total. The lowest BCUT2D eigenvalue weighted by molar-refractivity contribution is -0.260. The summed E-state index contributed by atoms with van der Waals surface area (Å²) in [6.45, 7) is 0.915. The molecule has 0 aliphatic rings. The minimum Gasteiger partial charge on any atom is -0.381 e. The van der Waals surface area contributed by atoms with Gasteiger partial charge in [0.1, 0.15) is 0 Å². The molecular weight excluding hydrogens is 374 g/mol. The minimum absolute atomic E-state index is 0.253. The molecule has 0 fully saturated rings. The highest BCUT2D eigenvalue weighted by atomic mass is 19.4. The van der Waals surface area contributed by atoms with Crippen LogP contribution in [0.2, 0.25) is 0 Å². The van der Waals surface area contributed by atoms with Crippen molar-refractivity contribution < 1.29 is 31.4 Å². The van der Waals surface area contributed by atoms with Gasteiger partial charge in [-0.25, -0.2) is 0 Å². The van der Waals surface area contributed by atoms with Crippen molar-refractivity contribution in [3.8, 4) is 0 Å². The molecule has 0 aliphatic carbocycles. The highest BCUT2D eigenvalue weighted by molar-refractivity contribution is 5.49. The molecule has 2 aromatic carbocycles. The summed E-state index contributed by atoms with van der Waals surface area (Å²) in [6.07, 6.45) is -10.0. The van der Waals surface area contributed by atoms with E-state index < -0.39 is 35.6 Å². The predicted octanol–water partition coefficient (Wildman–Crippen LogP) is 4.33. The first kappa shape index (κ1) is 21.0. The van der Waals surface area contributed by atoms with E-state index in [0.717, 1.165) is 23.3 Å². The largest absolute Gasteiger partial charge is 0.423 e. The fourth-order valence-corrected chi connectivity index (χ4v) is 2.58. The van der Waals surface area contributed by atoms with E-state index in [1.165, 1.54) is 6.07 Å². The summed E-state index contributed by atoms with van der Waals surface area (Å²) in [6, 6.07) is 7.24. The molecule has 2 aromatic rings. The molecule has 0 spiro atoms. The maximum absolute atomic E-state index is 13.5. The Bertz CT molecular complexity index is 803. The van der Waals surface area contributed by atoms with Crippen molar-refractivity contribution in [2.75, 3.05) is 11.9 Å². The SMILES string of the molecule is Cc1cc(NC[C@@](O)(c2cccc(C(F)(F)F)c2)C(F)(F)F)ccc1CN. The molecular formula is C18H18F6N2O. The second-order valence-corrected chi connectivity index (χ2v) is 6.14. The van der Waals surface area contributed by atoms with Crippen LogP contribution in [-0.2, 0) is 18.3 Å². The third kappa shape index (κ3) is 4.54. The Kier molecular flexibility index (Phi) is 5.77. The van der Waals surface area contributed by atoms with Gasteiger partial charge in [-0.15, -0.1) is 0 Å². The van der Waals surface area contributed by atoms with Gasteiger partial charge in [0.15, 0.2) is 0 Å². The molecule has 0 heterocycles. The molecule has 148 valence electrons. The molecule has 2 rings (SSSR count). The van der Waals surface area contributed by atoms with Crippen LogP contribution in [0.1, 0.15) is 22.3 Å². The molecule has 9 heteroatoms. The molecule has 27 heavy (non-hydrogen) atoms. The summed E-state index contributed by atoms with van der Waals surface area (Å²) in [5, 5.41) is 12.7. The van der Waals surface area contributed by atoms with E-state index in [-0.39, 0.29) is 12.2 Å². The van der Waals surface area contributed by atoms with Crippen LogP contribution >= 0.6 is 0 Å². The van der Waals surface area contributed by atoms with Crippen LogP contribution in [0.3, 0.4) is 0 Å². The number of aryl methyl sites for hydroxylation is 1. The summed E-state index contributed by atoms with van der Waals surface area (Å²) in [7, 11) is 0. The van der Waals surface area contributed by atoms with Gasteiger partial charge in [0.25, 0.3) is 0 Å². The monoisotopic (exact) mass is 392 g/mol. The van der Waals surface area contributed by atoms with Crippen LogP contribution in [0.4, 0.5) is 32.0 Å². The lowest BCUT2D eigenvalue weighted by Gasteiger charge is -2.32. The number of hydrogen-bond acceptors (Lipinski definition) is 3. The molecule has 0 bridgehead atoms. The number of nitrogens with two attached hydrogens (primary N) is 1. The zero-order valence-corrected chi connectivity index (χ0v) is 14.2. The summed E-state index contributed by atoms with van der Waals surface area (Å²) in [5.41, 5.74) is 1.66. The number of hydrogen-bond donors (Lipinski definition) is 3. The van der Waals surface area contributed by atoms with Gasteiger partial charge in [0.2, 0.25) is 5.60 Å². The lowest BCUT2D eigenvalue weighted by Crippen LogP contribution is -2.48. The van der Waals surface area contributed by atoms with Crippen molar-refractivity contribution in [2.24, 2.45) is 5.73 Å². The Morgan fingerprint density at radius 2 is 1.59 bits per heavy atom. The number of rotatable bonds is 5. The van der Waals surface area contributed by atoms with Gasteiger partial charge in [-0.05, 0) is 47.9 Å². The van der Waals surface area contributed by atoms with E-state index in [0.29, 0.717) is 12.1 Å². The van der Waals surface area contributed by atoms with Gasteiger partial charge >= 0.3 is 12.4 Å². The van der Waals surface area contributed by atoms with Crippen molar-refractivity contribution in [1.29, 1.82) is 0 Å². The van der Waals surface area contributed by atoms with E-state index in [2.05, 4.69) is 5.32 Å². The van der Waals surface area contributed by atoms with E-state index in [1.54, 1.807) is 19.1 Å². The third-order valence-electron chi connectivity index (χ3n) is 4.25. The van der Waals surface area contributed by atoms with Gasteiger partial charge in [0, 0.05) is 12.2 Å². The summed E-state index contributed by atoms with van der Waals surface area (Å²) < 4.78 is 79.1. The Hall–Kier alpha value is -2.26. The minimum atomic E-state index is -5.20. The third-order valence-corrected chi connectivity index (χ3v) is 4.25. The molecule has 0 saturated heterocycles. The van der Waals surface area contributed by atoms with Crippen LogP contribution in [0.25, 0.3) is 0 Å². The topological polar surface area (TPSA) is 58.3 Å². The van der Waals surface area contributed by atoms with Gasteiger partial charge < -0.3 is 16.2 Å². The highest BCUT2D eigenvalue weighted by Crippen LogP contribution is 2.41. The van der Waals surface area contributed by atoms with E-state index in [4.69, 9.17) is 5.73 Å². The fraction of sp³-hybridized carbons (Fsp3) is 0.333. The number of halogens is 6. The first-order valence-corrected chi connectivity index (χ1v) is 7.89. The van der Waals surface area contributed by atoms with Crippen molar-refractivity contribution in [3.63, 3.8) is 0 Å². The maximum Gasteiger partial charge on any atom is 0.423 e. The number of anilines is 1. The molecule has 0 amide bonds. The molecule has 0 unspecified atom stereocenters. The second kappa shape index (κ2) is 7.40. The number of aliphatic hydroxyl groups is 1.